The standard InChI is InChI=1S/C24H23FN2O5S2/c1-2-30-20-12-15(5-10-19(20)32-23(29)26-17-8-6-16(25)7-9-17)13-21-22(28)27(24(33)34-21)14-18-4-3-11-31-18/h5-10,12-13,18H,2-4,11,14H2,1H3,(H,26,29)/b21-13+/t18-/m0/s1. The van der Waals surface area contributed by atoms with Crippen molar-refractivity contribution >= 4 is 52.1 Å². The monoisotopic (exact) mass is 502 g/mol. The number of hydrogen-bond donors (Lipinski definition) is 1. The molecule has 2 saturated heterocycles. The number of ether oxygens (including phenoxy) is 3. The first-order valence-corrected chi connectivity index (χ1v) is 12.0. The molecule has 178 valence electrons. The molecule has 2 heterocycles. The minimum Gasteiger partial charge on any atom is -0.490 e. The number of carbonyl (C=O) groups is 2. The van der Waals surface area contributed by atoms with Crippen LogP contribution in [0.15, 0.2) is 47.4 Å². The summed E-state index contributed by atoms with van der Waals surface area (Å²) in [6.45, 7) is 3.34. The first-order chi connectivity index (χ1) is 16.4. The molecule has 2 aromatic carbocycles. The molecule has 0 aliphatic carbocycles. The molecule has 2 fully saturated rings. The summed E-state index contributed by atoms with van der Waals surface area (Å²) in [5.41, 5.74) is 1.10. The van der Waals surface area contributed by atoms with E-state index in [0.29, 0.717) is 46.0 Å². The van der Waals surface area contributed by atoms with Crippen molar-refractivity contribution in [3.63, 3.8) is 0 Å². The molecule has 2 amide bonds. The number of carbonyl (C=O) groups excluding carboxylic acids is 2. The van der Waals surface area contributed by atoms with Crippen LogP contribution in [0.25, 0.3) is 6.08 Å². The highest BCUT2D eigenvalue weighted by Crippen LogP contribution is 2.35. The summed E-state index contributed by atoms with van der Waals surface area (Å²) < 4.78 is 30.2. The van der Waals surface area contributed by atoms with Gasteiger partial charge in [0.15, 0.2) is 11.5 Å². The second kappa shape index (κ2) is 11.0. The van der Waals surface area contributed by atoms with Crippen LogP contribution in [-0.2, 0) is 9.53 Å². The van der Waals surface area contributed by atoms with E-state index in [2.05, 4.69) is 5.32 Å². The van der Waals surface area contributed by atoms with Crippen LogP contribution in [0.5, 0.6) is 11.5 Å². The maximum atomic E-state index is 13.0. The Morgan fingerprint density at radius 2 is 2.09 bits per heavy atom. The van der Waals surface area contributed by atoms with Crippen LogP contribution in [0.2, 0.25) is 0 Å². The van der Waals surface area contributed by atoms with E-state index in [1.807, 2.05) is 6.92 Å². The lowest BCUT2D eigenvalue weighted by molar-refractivity contribution is -0.123. The molecule has 1 atom stereocenters. The lowest BCUT2D eigenvalue weighted by atomic mass is 10.1. The molecule has 4 rings (SSSR count). The number of anilines is 1. The molecule has 0 saturated carbocycles. The van der Waals surface area contributed by atoms with Crippen molar-refractivity contribution in [1.82, 2.24) is 4.90 Å². The number of thioether (sulfide) groups is 1. The summed E-state index contributed by atoms with van der Waals surface area (Å²) in [5.74, 6) is 0.00395. The average Bonchev–Trinajstić information content (AvgIpc) is 3.41. The Labute approximate surface area is 206 Å². The van der Waals surface area contributed by atoms with Crippen LogP contribution in [0.3, 0.4) is 0 Å². The number of thiocarbonyl (C=S) groups is 1. The number of benzene rings is 2. The van der Waals surface area contributed by atoms with Gasteiger partial charge in [-0.1, -0.05) is 30.0 Å². The molecule has 1 N–H and O–H groups in total. The first-order valence-electron chi connectivity index (χ1n) is 10.8. The van der Waals surface area contributed by atoms with Crippen LogP contribution in [0.4, 0.5) is 14.9 Å². The van der Waals surface area contributed by atoms with E-state index >= 15 is 0 Å². The fourth-order valence-corrected chi connectivity index (χ4v) is 4.82. The van der Waals surface area contributed by atoms with E-state index < -0.39 is 11.9 Å². The van der Waals surface area contributed by atoms with E-state index in [1.165, 1.54) is 36.0 Å². The fraction of sp³-hybridized carbons (Fsp3) is 0.292. The third-order valence-corrected chi connectivity index (χ3v) is 6.52. The summed E-state index contributed by atoms with van der Waals surface area (Å²) in [6.07, 6.45) is 2.93. The fourth-order valence-electron chi connectivity index (χ4n) is 3.54. The normalized spacial score (nSPS) is 19.1. The second-order valence-corrected chi connectivity index (χ2v) is 9.26. The van der Waals surface area contributed by atoms with Gasteiger partial charge < -0.3 is 14.2 Å². The zero-order valence-electron chi connectivity index (χ0n) is 18.4. The van der Waals surface area contributed by atoms with Crippen LogP contribution in [0.1, 0.15) is 25.3 Å². The van der Waals surface area contributed by atoms with Crippen molar-refractivity contribution < 1.29 is 28.2 Å². The number of nitrogens with zero attached hydrogens (tertiary/aromatic N) is 1. The third kappa shape index (κ3) is 5.94. The number of rotatable bonds is 7. The first kappa shape index (κ1) is 24.2. The van der Waals surface area contributed by atoms with Crippen molar-refractivity contribution in [2.75, 3.05) is 25.1 Å². The quantitative estimate of drug-likeness (QED) is 0.411. The predicted molar refractivity (Wildman–Crippen MR) is 133 cm³/mol. The Bertz CT molecular complexity index is 1120. The summed E-state index contributed by atoms with van der Waals surface area (Å²) in [6, 6.07) is 10.3. The van der Waals surface area contributed by atoms with E-state index in [4.69, 9.17) is 26.4 Å². The summed E-state index contributed by atoms with van der Waals surface area (Å²) in [5, 5.41) is 2.53. The molecular weight excluding hydrogens is 479 g/mol. The van der Waals surface area contributed by atoms with Gasteiger partial charge in [-0.2, -0.15) is 0 Å². The summed E-state index contributed by atoms with van der Waals surface area (Å²) in [4.78, 5) is 27.3. The van der Waals surface area contributed by atoms with Gasteiger partial charge >= 0.3 is 6.09 Å². The number of nitrogens with one attached hydrogen (secondary N) is 1. The maximum Gasteiger partial charge on any atom is 0.417 e. The molecule has 0 spiro atoms. The molecule has 34 heavy (non-hydrogen) atoms. The minimum absolute atomic E-state index is 0.0175. The average molecular weight is 503 g/mol. The Balaban J connectivity index is 1.46. The molecule has 0 unspecified atom stereocenters. The predicted octanol–water partition coefficient (Wildman–Crippen LogP) is 5.22. The van der Waals surface area contributed by atoms with Crippen LogP contribution in [-0.4, -0.2) is 47.1 Å². The van der Waals surface area contributed by atoms with Gasteiger partial charge in [0.25, 0.3) is 5.91 Å². The van der Waals surface area contributed by atoms with E-state index in [9.17, 15) is 14.0 Å². The maximum absolute atomic E-state index is 13.0. The van der Waals surface area contributed by atoms with E-state index in [0.717, 1.165) is 12.8 Å². The molecule has 7 nitrogen and oxygen atoms in total. The smallest absolute Gasteiger partial charge is 0.417 e. The minimum atomic E-state index is -0.740. The molecule has 0 aromatic heterocycles. The van der Waals surface area contributed by atoms with Gasteiger partial charge in [0, 0.05) is 12.3 Å². The van der Waals surface area contributed by atoms with Crippen molar-refractivity contribution in [3.05, 3.63) is 58.8 Å². The lowest BCUT2D eigenvalue weighted by Gasteiger charge is -2.18. The topological polar surface area (TPSA) is 77.1 Å². The van der Waals surface area contributed by atoms with Gasteiger partial charge in [0.2, 0.25) is 0 Å². The second-order valence-electron chi connectivity index (χ2n) is 7.59. The van der Waals surface area contributed by atoms with Crippen molar-refractivity contribution in [2.45, 2.75) is 25.9 Å². The van der Waals surface area contributed by atoms with E-state index in [-0.39, 0.29) is 17.8 Å². The lowest BCUT2D eigenvalue weighted by Crippen LogP contribution is -2.35. The van der Waals surface area contributed by atoms with E-state index in [1.54, 1.807) is 29.2 Å². The zero-order chi connectivity index (χ0) is 24.1. The van der Waals surface area contributed by atoms with Gasteiger partial charge in [-0.3, -0.25) is 15.0 Å². The van der Waals surface area contributed by atoms with Crippen LogP contribution in [0, 0.1) is 5.82 Å². The van der Waals surface area contributed by atoms with Crippen LogP contribution >= 0.6 is 24.0 Å². The number of hydrogen-bond acceptors (Lipinski definition) is 7. The molecule has 0 bridgehead atoms. The van der Waals surface area contributed by atoms with Crippen molar-refractivity contribution in [2.24, 2.45) is 0 Å². The van der Waals surface area contributed by atoms with Gasteiger partial charge in [-0.25, -0.2) is 9.18 Å². The summed E-state index contributed by atoms with van der Waals surface area (Å²) in [7, 11) is 0. The number of halogens is 1. The Hall–Kier alpha value is -2.95. The molecular formula is C24H23FN2O5S2. The highest BCUT2D eigenvalue weighted by Gasteiger charge is 2.34. The summed E-state index contributed by atoms with van der Waals surface area (Å²) >= 11 is 6.65. The molecule has 0 radical (unpaired) electrons. The third-order valence-electron chi connectivity index (χ3n) is 5.14. The van der Waals surface area contributed by atoms with Gasteiger partial charge in [-0.15, -0.1) is 0 Å². The van der Waals surface area contributed by atoms with Crippen LogP contribution < -0.4 is 14.8 Å². The highest BCUT2D eigenvalue weighted by atomic mass is 32.2. The Morgan fingerprint density at radius 1 is 1.29 bits per heavy atom. The van der Waals surface area contributed by atoms with Gasteiger partial charge in [0.05, 0.1) is 24.2 Å². The molecule has 2 aliphatic rings. The largest absolute Gasteiger partial charge is 0.490 e. The van der Waals surface area contributed by atoms with Crippen molar-refractivity contribution in [3.8, 4) is 11.5 Å². The Kier molecular flexibility index (Phi) is 7.81. The van der Waals surface area contributed by atoms with Gasteiger partial charge in [0.1, 0.15) is 10.1 Å². The zero-order valence-corrected chi connectivity index (χ0v) is 20.0. The SMILES string of the molecule is CCOc1cc(/C=C2/SC(=S)N(C[C@@H]3CCCO3)C2=O)ccc1OC(=O)Nc1ccc(F)cc1. The molecule has 2 aromatic rings. The van der Waals surface area contributed by atoms with Crippen molar-refractivity contribution in [1.29, 1.82) is 0 Å². The molecule has 2 aliphatic heterocycles. The highest BCUT2D eigenvalue weighted by molar-refractivity contribution is 8.26. The molecule has 10 heteroatoms. The number of amides is 2. The van der Waals surface area contributed by atoms with Gasteiger partial charge in [-0.05, 0) is 67.8 Å². The Morgan fingerprint density at radius 3 is 2.79 bits per heavy atom.